The molecule has 0 unspecified atom stereocenters. The number of hydrogen-bond donors (Lipinski definition) is 0. The van der Waals surface area contributed by atoms with Crippen LogP contribution in [0.1, 0.15) is 18.9 Å². The minimum Gasteiger partial charge on any atom is -0.456 e. The standard InChI is InChI=1S/C21H18O/c1-2-8-15-13-14-19-21(17-11-6-7-12-18(17)22-19)20(15)16-9-4-3-5-10-16/h3-7,9-14H,2,8H2,1H3. The third-order valence-electron chi connectivity index (χ3n) is 4.21. The van der Waals surface area contributed by atoms with E-state index in [1.54, 1.807) is 0 Å². The maximum absolute atomic E-state index is 6.05. The molecule has 0 aliphatic carbocycles. The van der Waals surface area contributed by atoms with Crippen molar-refractivity contribution >= 4 is 21.9 Å². The first kappa shape index (κ1) is 13.1. The normalized spacial score (nSPS) is 11.3. The second-order valence-electron chi connectivity index (χ2n) is 5.69. The minimum atomic E-state index is 0.961. The average molecular weight is 286 g/mol. The van der Waals surface area contributed by atoms with Crippen molar-refractivity contribution < 1.29 is 4.42 Å². The Bertz CT molecular complexity index is 932. The molecule has 108 valence electrons. The molecular formula is C21H18O. The fourth-order valence-electron chi connectivity index (χ4n) is 3.27. The summed E-state index contributed by atoms with van der Waals surface area (Å²) in [4.78, 5) is 0. The molecule has 1 nitrogen and oxygen atoms in total. The van der Waals surface area contributed by atoms with E-state index in [0.717, 1.165) is 24.0 Å². The van der Waals surface area contributed by atoms with E-state index < -0.39 is 0 Å². The van der Waals surface area contributed by atoms with Gasteiger partial charge in [-0.15, -0.1) is 0 Å². The predicted octanol–water partition coefficient (Wildman–Crippen LogP) is 6.21. The predicted molar refractivity (Wildman–Crippen MR) is 93.2 cm³/mol. The fraction of sp³-hybridized carbons (Fsp3) is 0.143. The fourth-order valence-corrected chi connectivity index (χ4v) is 3.27. The minimum absolute atomic E-state index is 0.961. The lowest BCUT2D eigenvalue weighted by Gasteiger charge is -2.11. The Labute approximate surface area is 130 Å². The molecule has 1 heterocycles. The highest BCUT2D eigenvalue weighted by Gasteiger charge is 2.15. The molecule has 0 amide bonds. The third kappa shape index (κ3) is 2.01. The van der Waals surface area contributed by atoms with Gasteiger partial charge in [-0.3, -0.25) is 0 Å². The van der Waals surface area contributed by atoms with Crippen LogP contribution in [-0.4, -0.2) is 0 Å². The number of rotatable bonds is 3. The van der Waals surface area contributed by atoms with Crippen molar-refractivity contribution in [2.24, 2.45) is 0 Å². The Morgan fingerprint density at radius 2 is 1.55 bits per heavy atom. The van der Waals surface area contributed by atoms with Gasteiger partial charge in [-0.05, 0) is 35.2 Å². The Morgan fingerprint density at radius 1 is 0.773 bits per heavy atom. The van der Waals surface area contributed by atoms with Gasteiger partial charge in [0.05, 0.1) is 0 Å². The van der Waals surface area contributed by atoms with E-state index in [2.05, 4.69) is 61.5 Å². The quantitative estimate of drug-likeness (QED) is 0.436. The molecule has 4 aromatic rings. The van der Waals surface area contributed by atoms with Crippen LogP contribution in [0.15, 0.2) is 71.1 Å². The van der Waals surface area contributed by atoms with Crippen LogP contribution in [0.4, 0.5) is 0 Å². The number of fused-ring (bicyclic) bond motifs is 3. The molecule has 0 fully saturated rings. The first-order valence-corrected chi connectivity index (χ1v) is 7.87. The highest BCUT2D eigenvalue weighted by molar-refractivity contribution is 6.13. The van der Waals surface area contributed by atoms with Crippen LogP contribution < -0.4 is 0 Å². The van der Waals surface area contributed by atoms with Crippen LogP contribution >= 0.6 is 0 Å². The highest BCUT2D eigenvalue weighted by atomic mass is 16.3. The zero-order valence-corrected chi connectivity index (χ0v) is 12.7. The molecule has 1 heteroatoms. The molecule has 4 rings (SSSR count). The summed E-state index contributed by atoms with van der Waals surface area (Å²) in [6, 6.07) is 23.3. The van der Waals surface area contributed by atoms with Crippen LogP contribution in [0, 0.1) is 0 Å². The number of hydrogen-bond acceptors (Lipinski definition) is 1. The third-order valence-corrected chi connectivity index (χ3v) is 4.21. The van der Waals surface area contributed by atoms with Crippen molar-refractivity contribution in [2.75, 3.05) is 0 Å². The molecule has 0 aliphatic heterocycles. The van der Waals surface area contributed by atoms with Gasteiger partial charge in [0.15, 0.2) is 0 Å². The van der Waals surface area contributed by atoms with Gasteiger partial charge in [0.1, 0.15) is 11.2 Å². The first-order valence-electron chi connectivity index (χ1n) is 7.87. The second kappa shape index (κ2) is 5.34. The summed E-state index contributed by atoms with van der Waals surface area (Å²) in [7, 11) is 0. The Kier molecular flexibility index (Phi) is 3.19. The maximum Gasteiger partial charge on any atom is 0.136 e. The van der Waals surface area contributed by atoms with E-state index in [0.29, 0.717) is 0 Å². The summed E-state index contributed by atoms with van der Waals surface area (Å²) >= 11 is 0. The van der Waals surface area contributed by atoms with E-state index in [1.165, 1.54) is 27.5 Å². The van der Waals surface area contributed by atoms with Crippen molar-refractivity contribution in [3.8, 4) is 11.1 Å². The van der Waals surface area contributed by atoms with Gasteiger partial charge in [-0.25, -0.2) is 0 Å². The zero-order chi connectivity index (χ0) is 14.9. The summed E-state index contributed by atoms with van der Waals surface area (Å²) in [6.45, 7) is 2.23. The molecule has 0 aliphatic rings. The summed E-state index contributed by atoms with van der Waals surface area (Å²) in [5, 5.41) is 2.45. The van der Waals surface area contributed by atoms with Gasteiger partial charge in [-0.1, -0.05) is 67.9 Å². The van der Waals surface area contributed by atoms with E-state index >= 15 is 0 Å². The monoisotopic (exact) mass is 286 g/mol. The van der Waals surface area contributed by atoms with E-state index in [1.807, 2.05) is 12.1 Å². The summed E-state index contributed by atoms with van der Waals surface area (Å²) in [5.74, 6) is 0. The number of furan rings is 1. The van der Waals surface area contributed by atoms with Crippen molar-refractivity contribution in [3.05, 3.63) is 72.3 Å². The summed E-state index contributed by atoms with van der Waals surface area (Å²) < 4.78 is 6.05. The van der Waals surface area contributed by atoms with E-state index in [-0.39, 0.29) is 0 Å². The summed E-state index contributed by atoms with van der Waals surface area (Å²) in [5.41, 5.74) is 5.92. The van der Waals surface area contributed by atoms with Gasteiger partial charge in [0, 0.05) is 10.8 Å². The lowest BCUT2D eigenvalue weighted by molar-refractivity contribution is 0.669. The zero-order valence-electron chi connectivity index (χ0n) is 12.7. The molecule has 0 bridgehead atoms. The molecule has 0 N–H and O–H groups in total. The van der Waals surface area contributed by atoms with Gasteiger partial charge in [0.25, 0.3) is 0 Å². The van der Waals surface area contributed by atoms with Gasteiger partial charge in [0.2, 0.25) is 0 Å². The Balaban J connectivity index is 2.15. The molecule has 0 saturated carbocycles. The van der Waals surface area contributed by atoms with Crippen molar-refractivity contribution in [1.82, 2.24) is 0 Å². The molecule has 0 spiro atoms. The molecule has 0 saturated heterocycles. The molecule has 0 atom stereocenters. The molecule has 3 aromatic carbocycles. The van der Waals surface area contributed by atoms with Crippen molar-refractivity contribution in [1.29, 1.82) is 0 Å². The lowest BCUT2D eigenvalue weighted by atomic mass is 9.92. The van der Waals surface area contributed by atoms with Gasteiger partial charge >= 0.3 is 0 Å². The van der Waals surface area contributed by atoms with Crippen molar-refractivity contribution in [2.45, 2.75) is 19.8 Å². The molecule has 0 radical (unpaired) electrons. The largest absolute Gasteiger partial charge is 0.456 e. The summed E-state index contributed by atoms with van der Waals surface area (Å²) in [6.07, 6.45) is 2.22. The van der Waals surface area contributed by atoms with Gasteiger partial charge in [-0.2, -0.15) is 0 Å². The molecule has 1 aromatic heterocycles. The highest BCUT2D eigenvalue weighted by Crippen LogP contribution is 2.39. The molecule has 22 heavy (non-hydrogen) atoms. The van der Waals surface area contributed by atoms with Gasteiger partial charge < -0.3 is 4.42 Å². The van der Waals surface area contributed by atoms with E-state index in [4.69, 9.17) is 4.42 Å². The van der Waals surface area contributed by atoms with Crippen LogP contribution in [0.3, 0.4) is 0 Å². The SMILES string of the molecule is CCCc1ccc2oc3ccccc3c2c1-c1ccccc1. The first-order chi connectivity index (χ1) is 10.9. The smallest absolute Gasteiger partial charge is 0.136 e. The van der Waals surface area contributed by atoms with Crippen LogP contribution in [-0.2, 0) is 6.42 Å². The maximum atomic E-state index is 6.05. The van der Waals surface area contributed by atoms with Crippen LogP contribution in [0.5, 0.6) is 0 Å². The number of para-hydroxylation sites is 1. The average Bonchev–Trinajstić information content (AvgIpc) is 2.94. The molecular weight excluding hydrogens is 268 g/mol. The lowest BCUT2D eigenvalue weighted by Crippen LogP contribution is -1.90. The van der Waals surface area contributed by atoms with Crippen molar-refractivity contribution in [3.63, 3.8) is 0 Å². The Morgan fingerprint density at radius 3 is 2.36 bits per heavy atom. The Hall–Kier alpha value is -2.54. The second-order valence-corrected chi connectivity index (χ2v) is 5.69. The van der Waals surface area contributed by atoms with E-state index in [9.17, 15) is 0 Å². The van der Waals surface area contributed by atoms with Crippen LogP contribution in [0.25, 0.3) is 33.1 Å². The topological polar surface area (TPSA) is 13.1 Å². The number of aryl methyl sites for hydroxylation is 1. The number of benzene rings is 3. The van der Waals surface area contributed by atoms with Crippen LogP contribution in [0.2, 0.25) is 0 Å².